The molecule has 1 aromatic heterocycles. The average Bonchev–Trinajstić information content (AvgIpc) is 2.80. The first-order valence-electron chi connectivity index (χ1n) is 8.27. The Labute approximate surface area is 177 Å². The lowest BCUT2D eigenvalue weighted by Gasteiger charge is -2.26. The minimum absolute atomic E-state index is 0.288. The minimum Gasteiger partial charge on any atom is -0.384 e. The molecule has 1 fully saturated rings. The Kier molecular flexibility index (Phi) is 7.84. The third-order valence-corrected chi connectivity index (χ3v) is 7.74. The van der Waals surface area contributed by atoms with Gasteiger partial charge in [-0.3, -0.25) is 9.09 Å². The quantitative estimate of drug-likeness (QED) is 0.227. The highest BCUT2D eigenvalue weighted by molar-refractivity contribution is 7.66. The van der Waals surface area contributed by atoms with Crippen molar-refractivity contribution >= 4 is 29.3 Å². The van der Waals surface area contributed by atoms with E-state index in [2.05, 4.69) is 18.1 Å². The predicted octanol–water partition coefficient (Wildman–Crippen LogP) is -0.159. The predicted molar refractivity (Wildman–Crippen MR) is 96.8 cm³/mol. The first-order chi connectivity index (χ1) is 14.4. The Morgan fingerprint density at radius 1 is 1.25 bits per heavy atom. The Balaban J connectivity index is 2.27. The molecule has 21 heteroatoms. The number of alkyl halides is 2. The number of rotatable bonds is 9. The summed E-state index contributed by atoms with van der Waals surface area (Å²) >= 11 is 0. The molecule has 0 aromatic carbocycles. The van der Waals surface area contributed by atoms with Gasteiger partial charge in [-0.1, -0.05) is 6.92 Å². The van der Waals surface area contributed by atoms with Crippen LogP contribution in [0.2, 0.25) is 0 Å². The van der Waals surface area contributed by atoms with E-state index in [4.69, 9.17) is 25.2 Å². The maximum Gasteiger partial charge on any atom is 0.490 e. The van der Waals surface area contributed by atoms with E-state index in [9.17, 15) is 37.3 Å². The lowest BCUT2D eigenvalue weighted by molar-refractivity contribution is -0.141. The van der Waals surface area contributed by atoms with Crippen molar-refractivity contribution in [2.24, 2.45) is 0 Å². The number of hydrogen-bond donors (Lipinski definition) is 6. The highest BCUT2D eigenvalue weighted by atomic mass is 31.3. The Morgan fingerprint density at radius 3 is 2.34 bits per heavy atom. The molecular formula is C11H18F2N3O13P3. The molecule has 6 unspecified atom stereocenters. The monoisotopic (exact) mass is 531 g/mol. The third kappa shape index (κ3) is 6.47. The van der Waals surface area contributed by atoms with Crippen molar-refractivity contribution in [3.8, 4) is 0 Å². The number of nitrogens with two attached hydrogens (primary N) is 1. The van der Waals surface area contributed by atoms with Crippen LogP contribution in [-0.2, 0) is 31.6 Å². The molecule has 16 nitrogen and oxygen atoms in total. The smallest absolute Gasteiger partial charge is 0.384 e. The maximum absolute atomic E-state index is 14.6. The Hall–Kier alpha value is -1.13. The fraction of sp³-hybridized carbons (Fsp3) is 0.636. The van der Waals surface area contributed by atoms with Gasteiger partial charge in [0.2, 0.25) is 6.23 Å². The summed E-state index contributed by atoms with van der Waals surface area (Å²) in [6, 6.07) is 0.990. The Morgan fingerprint density at radius 2 is 1.84 bits per heavy atom. The van der Waals surface area contributed by atoms with Gasteiger partial charge in [0.15, 0.2) is 6.10 Å². The van der Waals surface area contributed by atoms with Gasteiger partial charge in [-0.25, -0.2) is 18.5 Å². The van der Waals surface area contributed by atoms with Crippen molar-refractivity contribution in [1.82, 2.24) is 9.55 Å². The van der Waals surface area contributed by atoms with Crippen molar-refractivity contribution in [2.45, 2.75) is 43.8 Å². The van der Waals surface area contributed by atoms with E-state index < -0.39 is 66.0 Å². The molecule has 1 saturated heterocycles. The van der Waals surface area contributed by atoms with E-state index in [1.807, 2.05) is 0 Å². The topological polar surface area (TPSA) is 250 Å². The minimum atomic E-state index is -5.86. The first-order valence-corrected chi connectivity index (χ1v) is 12.8. The van der Waals surface area contributed by atoms with Crippen molar-refractivity contribution in [3.63, 3.8) is 0 Å². The molecule has 2 rings (SSSR count). The molecule has 6 atom stereocenters. The van der Waals surface area contributed by atoms with Crippen LogP contribution >= 0.6 is 23.5 Å². The molecule has 0 bridgehead atoms. The van der Waals surface area contributed by atoms with Crippen LogP contribution in [0, 0.1) is 0 Å². The van der Waals surface area contributed by atoms with Crippen LogP contribution in [0.1, 0.15) is 19.6 Å². The molecule has 7 N–H and O–H groups in total. The summed E-state index contributed by atoms with van der Waals surface area (Å²) in [5.41, 5.74) is 4.02. The van der Waals surface area contributed by atoms with E-state index >= 15 is 0 Å². The molecular weight excluding hydrogens is 513 g/mol. The molecule has 0 aliphatic carbocycles. The third-order valence-electron chi connectivity index (χ3n) is 3.88. The summed E-state index contributed by atoms with van der Waals surface area (Å²) in [5, 5.41) is 10.0. The van der Waals surface area contributed by atoms with Crippen LogP contribution in [-0.4, -0.2) is 58.5 Å². The maximum atomic E-state index is 14.6. The largest absolute Gasteiger partial charge is 0.490 e. The van der Waals surface area contributed by atoms with Gasteiger partial charge in [0, 0.05) is 6.20 Å². The fourth-order valence-electron chi connectivity index (χ4n) is 2.66. The molecule has 0 spiro atoms. The van der Waals surface area contributed by atoms with Gasteiger partial charge >= 0.3 is 35.1 Å². The van der Waals surface area contributed by atoms with E-state index in [1.165, 1.54) is 6.92 Å². The van der Waals surface area contributed by atoms with E-state index in [-0.39, 0.29) is 5.82 Å². The van der Waals surface area contributed by atoms with Crippen LogP contribution in [0.3, 0.4) is 0 Å². The second-order valence-corrected chi connectivity index (χ2v) is 10.6. The van der Waals surface area contributed by atoms with Gasteiger partial charge in [0.1, 0.15) is 11.9 Å². The second-order valence-electron chi connectivity index (χ2n) is 6.26. The normalized spacial score (nSPS) is 28.1. The SMILES string of the molecule is CCC(OP(=O)(O)OP(=O)(O)OP(=O)(O)O)C1OC(n2ccc(N)nc2=O)C(F)(F)C1O. The van der Waals surface area contributed by atoms with Crippen LogP contribution in [0.25, 0.3) is 0 Å². The summed E-state index contributed by atoms with van der Waals surface area (Å²) in [6.07, 6.45) is -8.78. The summed E-state index contributed by atoms with van der Waals surface area (Å²) in [5.74, 6) is -4.44. The Bertz CT molecular complexity index is 1050. The molecule has 32 heavy (non-hydrogen) atoms. The standard InChI is InChI=1S/C11H18F2N3O13P3/c1-2-5(27-31(22,23)29-32(24,25)28-30(19,20)21)7-8(17)11(12,13)9(26-7)16-4-3-6(14)15-10(16)18/h3-5,7-9,17H,2H2,1H3,(H,22,23)(H,24,25)(H2,14,15,18)(H2,19,20,21). The molecule has 0 amide bonds. The lowest BCUT2D eigenvalue weighted by atomic mass is 10.0. The molecule has 1 aromatic rings. The molecule has 1 aliphatic rings. The number of phosphoric ester groups is 1. The number of phosphoric acid groups is 3. The van der Waals surface area contributed by atoms with Gasteiger partial charge in [0.25, 0.3) is 0 Å². The molecule has 2 heterocycles. The molecule has 0 radical (unpaired) electrons. The highest BCUT2D eigenvalue weighted by Crippen LogP contribution is 2.67. The molecule has 1 aliphatic heterocycles. The number of halogens is 2. The number of nitrogens with zero attached hydrogens (tertiary/aromatic N) is 2. The van der Waals surface area contributed by atoms with Crippen molar-refractivity contribution in [1.29, 1.82) is 0 Å². The number of aliphatic hydroxyl groups is 1. The van der Waals surface area contributed by atoms with Gasteiger partial charge in [-0.05, 0) is 12.5 Å². The van der Waals surface area contributed by atoms with E-state index in [0.29, 0.717) is 4.57 Å². The number of aromatic nitrogens is 2. The van der Waals surface area contributed by atoms with Gasteiger partial charge in [-0.15, -0.1) is 0 Å². The second kappa shape index (κ2) is 9.25. The molecule has 184 valence electrons. The number of anilines is 1. The summed E-state index contributed by atoms with van der Waals surface area (Å²) in [6.45, 7) is 1.22. The van der Waals surface area contributed by atoms with Crippen LogP contribution in [0.4, 0.5) is 14.6 Å². The van der Waals surface area contributed by atoms with Gasteiger partial charge in [0.05, 0.1) is 6.10 Å². The average molecular weight is 531 g/mol. The van der Waals surface area contributed by atoms with Crippen LogP contribution < -0.4 is 11.4 Å². The van der Waals surface area contributed by atoms with Crippen LogP contribution in [0.15, 0.2) is 17.1 Å². The number of nitrogen functional groups attached to an aromatic ring is 1. The van der Waals surface area contributed by atoms with Crippen molar-refractivity contribution < 1.29 is 65.0 Å². The zero-order chi connectivity index (χ0) is 24.7. The van der Waals surface area contributed by atoms with Crippen LogP contribution in [0.5, 0.6) is 0 Å². The zero-order valence-corrected chi connectivity index (χ0v) is 18.4. The summed E-state index contributed by atoms with van der Waals surface area (Å²) in [4.78, 5) is 50.9. The zero-order valence-electron chi connectivity index (χ0n) is 15.7. The first kappa shape index (κ1) is 27.1. The fourth-order valence-corrected chi connectivity index (χ4v) is 5.93. The summed E-state index contributed by atoms with van der Waals surface area (Å²) in [7, 11) is -17.2. The molecule has 0 saturated carbocycles. The highest BCUT2D eigenvalue weighted by Gasteiger charge is 2.62. The lowest BCUT2D eigenvalue weighted by Crippen LogP contribution is -2.44. The van der Waals surface area contributed by atoms with Gasteiger partial charge in [-0.2, -0.15) is 22.4 Å². The van der Waals surface area contributed by atoms with Gasteiger partial charge < -0.3 is 35.2 Å². The number of hydrogen-bond acceptors (Lipinski definition) is 11. The summed E-state index contributed by atoms with van der Waals surface area (Å²) < 4.78 is 80.1. The van der Waals surface area contributed by atoms with Crippen molar-refractivity contribution in [3.05, 3.63) is 22.7 Å². The van der Waals surface area contributed by atoms with E-state index in [1.54, 1.807) is 0 Å². The van der Waals surface area contributed by atoms with Crippen molar-refractivity contribution in [2.75, 3.05) is 5.73 Å². The van der Waals surface area contributed by atoms with E-state index in [0.717, 1.165) is 12.3 Å². The number of ether oxygens (including phenoxy) is 1. The number of aliphatic hydroxyl groups excluding tert-OH is 1.